The van der Waals surface area contributed by atoms with E-state index in [2.05, 4.69) is 0 Å². The Morgan fingerprint density at radius 1 is 1.29 bits per heavy atom. The Kier molecular flexibility index (Phi) is 5.69. The van der Waals surface area contributed by atoms with Crippen LogP contribution in [-0.4, -0.2) is 20.5 Å². The van der Waals surface area contributed by atoms with E-state index in [0.29, 0.717) is 18.6 Å². The molecule has 0 saturated carbocycles. The summed E-state index contributed by atoms with van der Waals surface area (Å²) in [5.41, 5.74) is -0.801. The zero-order valence-corrected chi connectivity index (χ0v) is 13.3. The quantitative estimate of drug-likeness (QED) is 0.608. The third-order valence-corrected chi connectivity index (χ3v) is 3.95. The highest BCUT2D eigenvalue weighted by molar-refractivity contribution is 8.13. The molecule has 1 rings (SSSR count). The molecule has 0 N–H and O–H groups in total. The molecule has 0 heterocycles. The number of carbonyl (C=O) groups excluding carboxylic acids is 1. The molecule has 1 aromatic rings. The molecule has 0 amide bonds. The molecular weight excluding hydrogens is 326 g/mol. The molecule has 8 heteroatoms. The van der Waals surface area contributed by atoms with E-state index in [1.165, 1.54) is 0 Å². The van der Waals surface area contributed by atoms with Crippen LogP contribution in [-0.2, 0) is 13.8 Å². The van der Waals surface area contributed by atoms with Crippen LogP contribution in [0.5, 0.6) is 0 Å². The van der Waals surface area contributed by atoms with Gasteiger partial charge in [0.1, 0.15) is 0 Å². The van der Waals surface area contributed by atoms with Gasteiger partial charge < -0.3 is 4.74 Å². The van der Waals surface area contributed by atoms with Gasteiger partial charge in [-0.15, -0.1) is 0 Å². The molecule has 0 aromatic heterocycles. The Balaban J connectivity index is 3.12. The lowest BCUT2D eigenvalue weighted by atomic mass is 10.1. The van der Waals surface area contributed by atoms with E-state index >= 15 is 0 Å². The van der Waals surface area contributed by atoms with Crippen molar-refractivity contribution in [1.82, 2.24) is 0 Å². The largest absolute Gasteiger partial charge is 0.459 e. The molecule has 4 nitrogen and oxygen atoms in total. The van der Waals surface area contributed by atoms with Gasteiger partial charge in [0.15, 0.2) is 11.6 Å². The van der Waals surface area contributed by atoms with Crippen LogP contribution in [0.25, 0.3) is 0 Å². The number of esters is 1. The molecule has 0 fully saturated rings. The van der Waals surface area contributed by atoms with Crippen molar-refractivity contribution < 1.29 is 26.7 Å². The molecule has 0 saturated heterocycles. The minimum atomic E-state index is -4.29. The van der Waals surface area contributed by atoms with E-state index in [4.69, 9.17) is 15.4 Å². The van der Waals surface area contributed by atoms with E-state index < -0.39 is 43.2 Å². The van der Waals surface area contributed by atoms with Crippen LogP contribution in [0, 0.1) is 17.6 Å². The molecule has 0 spiro atoms. The summed E-state index contributed by atoms with van der Waals surface area (Å²) in [5, 5.41) is 0. The van der Waals surface area contributed by atoms with E-state index in [0.717, 1.165) is 0 Å². The van der Waals surface area contributed by atoms with Gasteiger partial charge in [0.05, 0.1) is 16.6 Å². The van der Waals surface area contributed by atoms with Crippen molar-refractivity contribution in [2.45, 2.75) is 38.2 Å². The van der Waals surface area contributed by atoms with Gasteiger partial charge in [0, 0.05) is 10.7 Å². The maximum Gasteiger partial charge on any atom is 0.341 e. The van der Waals surface area contributed by atoms with Crippen molar-refractivity contribution in [2.75, 3.05) is 0 Å². The summed E-state index contributed by atoms with van der Waals surface area (Å²) in [4.78, 5) is 11.1. The van der Waals surface area contributed by atoms with Gasteiger partial charge in [-0.1, -0.05) is 13.8 Å². The van der Waals surface area contributed by atoms with Crippen molar-refractivity contribution in [3.05, 3.63) is 29.3 Å². The van der Waals surface area contributed by atoms with E-state index in [1.807, 2.05) is 13.8 Å². The molecule has 0 bridgehead atoms. The van der Waals surface area contributed by atoms with Gasteiger partial charge in [0.25, 0.3) is 9.05 Å². The third-order valence-electron chi connectivity index (χ3n) is 2.61. The molecular formula is C13H15ClF2O4S. The standard InChI is InChI=1S/C13H15ClF2O4S/c1-7(2)4-8(3)20-13(17)10-5-9(21(14,18)19)6-11(15)12(10)16/h5-8H,4H2,1-3H3. The van der Waals surface area contributed by atoms with E-state index in [-0.39, 0.29) is 5.92 Å². The summed E-state index contributed by atoms with van der Waals surface area (Å²) in [6.07, 6.45) is 0.0137. The molecule has 1 atom stereocenters. The van der Waals surface area contributed by atoms with Crippen LogP contribution >= 0.6 is 10.7 Å². The van der Waals surface area contributed by atoms with Crippen molar-refractivity contribution in [3.63, 3.8) is 0 Å². The zero-order chi connectivity index (χ0) is 16.4. The molecule has 21 heavy (non-hydrogen) atoms. The van der Waals surface area contributed by atoms with Gasteiger partial charge in [-0.25, -0.2) is 22.0 Å². The normalized spacial score (nSPS) is 13.3. The topological polar surface area (TPSA) is 60.4 Å². The summed E-state index contributed by atoms with van der Waals surface area (Å²) in [7, 11) is 0.777. The Hall–Kier alpha value is -1.21. The number of carbonyl (C=O) groups is 1. The third kappa shape index (κ3) is 4.93. The van der Waals surface area contributed by atoms with Gasteiger partial charge in [-0.2, -0.15) is 0 Å². The molecule has 118 valence electrons. The van der Waals surface area contributed by atoms with E-state index in [9.17, 15) is 22.0 Å². The summed E-state index contributed by atoms with van der Waals surface area (Å²) >= 11 is 0. The lowest BCUT2D eigenvalue weighted by Crippen LogP contribution is -2.18. The minimum Gasteiger partial charge on any atom is -0.459 e. The summed E-state index contributed by atoms with van der Waals surface area (Å²) in [5.74, 6) is -3.85. The summed E-state index contributed by atoms with van der Waals surface area (Å²) < 4.78 is 54.3. The van der Waals surface area contributed by atoms with Crippen molar-refractivity contribution in [3.8, 4) is 0 Å². The second kappa shape index (κ2) is 6.70. The van der Waals surface area contributed by atoms with Crippen LogP contribution in [0.15, 0.2) is 17.0 Å². The highest BCUT2D eigenvalue weighted by atomic mass is 35.7. The summed E-state index contributed by atoms with van der Waals surface area (Å²) in [6, 6.07) is 1.07. The van der Waals surface area contributed by atoms with Gasteiger partial charge >= 0.3 is 5.97 Å². The number of hydrogen-bond donors (Lipinski definition) is 0. The second-order valence-electron chi connectivity index (χ2n) is 5.05. The van der Waals surface area contributed by atoms with Crippen LogP contribution in [0.3, 0.4) is 0 Å². The Morgan fingerprint density at radius 3 is 2.33 bits per heavy atom. The first kappa shape index (κ1) is 17.8. The predicted molar refractivity (Wildman–Crippen MR) is 73.7 cm³/mol. The van der Waals surface area contributed by atoms with Crippen molar-refractivity contribution >= 4 is 25.7 Å². The first-order chi connectivity index (χ1) is 9.52. The van der Waals surface area contributed by atoms with Crippen molar-refractivity contribution in [1.29, 1.82) is 0 Å². The number of hydrogen-bond acceptors (Lipinski definition) is 4. The number of benzene rings is 1. The Labute approximate surface area is 126 Å². The first-order valence-electron chi connectivity index (χ1n) is 6.17. The van der Waals surface area contributed by atoms with Gasteiger partial charge in [-0.3, -0.25) is 0 Å². The smallest absolute Gasteiger partial charge is 0.341 e. The monoisotopic (exact) mass is 340 g/mol. The van der Waals surface area contributed by atoms with Crippen LogP contribution in [0.4, 0.5) is 8.78 Å². The number of halogens is 3. The fourth-order valence-corrected chi connectivity index (χ4v) is 2.58. The van der Waals surface area contributed by atoms with Gasteiger partial charge in [0.2, 0.25) is 0 Å². The lowest BCUT2D eigenvalue weighted by Gasteiger charge is -2.15. The number of ether oxygens (including phenoxy) is 1. The highest BCUT2D eigenvalue weighted by Gasteiger charge is 2.24. The van der Waals surface area contributed by atoms with Gasteiger partial charge in [-0.05, 0) is 31.4 Å². The average Bonchev–Trinajstić information content (AvgIpc) is 2.29. The van der Waals surface area contributed by atoms with Crippen LogP contribution in [0.2, 0.25) is 0 Å². The Bertz CT molecular complexity index is 644. The SMILES string of the molecule is CC(C)CC(C)OC(=O)c1cc(S(=O)(=O)Cl)cc(F)c1F. The minimum absolute atomic E-state index is 0.240. The van der Waals surface area contributed by atoms with Crippen molar-refractivity contribution in [2.24, 2.45) is 5.92 Å². The Morgan fingerprint density at radius 2 is 1.86 bits per heavy atom. The van der Waals surface area contributed by atoms with E-state index in [1.54, 1.807) is 6.92 Å². The molecule has 0 aliphatic heterocycles. The fraction of sp³-hybridized carbons (Fsp3) is 0.462. The highest BCUT2D eigenvalue weighted by Crippen LogP contribution is 2.23. The first-order valence-corrected chi connectivity index (χ1v) is 8.48. The number of rotatable bonds is 5. The van der Waals surface area contributed by atoms with Crippen LogP contribution in [0.1, 0.15) is 37.6 Å². The molecule has 1 aromatic carbocycles. The average molecular weight is 341 g/mol. The fourth-order valence-electron chi connectivity index (χ4n) is 1.81. The maximum absolute atomic E-state index is 13.6. The molecule has 0 aliphatic carbocycles. The second-order valence-corrected chi connectivity index (χ2v) is 7.62. The summed E-state index contributed by atoms with van der Waals surface area (Å²) in [6.45, 7) is 5.42. The molecule has 0 radical (unpaired) electrons. The predicted octanol–water partition coefficient (Wildman–Crippen LogP) is 3.48. The lowest BCUT2D eigenvalue weighted by molar-refractivity contribution is 0.0293. The molecule has 1 unspecified atom stereocenters. The van der Waals surface area contributed by atoms with Crippen LogP contribution < -0.4 is 0 Å². The zero-order valence-electron chi connectivity index (χ0n) is 11.7. The maximum atomic E-state index is 13.6. The molecule has 0 aliphatic rings.